The van der Waals surface area contributed by atoms with Gasteiger partial charge in [0.1, 0.15) is 11.8 Å². The highest BCUT2D eigenvalue weighted by Crippen LogP contribution is 2.27. The van der Waals surface area contributed by atoms with Crippen LogP contribution in [-0.2, 0) is 14.8 Å². The monoisotopic (exact) mass is 466 g/mol. The molecule has 0 bridgehead atoms. The van der Waals surface area contributed by atoms with Gasteiger partial charge in [0.15, 0.2) is 0 Å². The van der Waals surface area contributed by atoms with Gasteiger partial charge in [0, 0.05) is 5.02 Å². The topological polar surface area (TPSA) is 75.7 Å². The van der Waals surface area contributed by atoms with E-state index in [0.29, 0.717) is 29.5 Å². The van der Waals surface area contributed by atoms with Gasteiger partial charge in [0.05, 0.1) is 25.1 Å². The molecule has 0 aromatic heterocycles. The number of rotatable bonds is 10. The van der Waals surface area contributed by atoms with Crippen LogP contribution in [0.4, 0.5) is 5.69 Å². The van der Waals surface area contributed by atoms with Crippen LogP contribution in [0.3, 0.4) is 0 Å². The number of ether oxygens (including phenoxy) is 1. The van der Waals surface area contributed by atoms with E-state index in [2.05, 4.69) is 19.2 Å². The molecule has 0 aliphatic heterocycles. The largest absolute Gasteiger partial charge is 0.497 e. The number of nitrogens with one attached hydrogen (secondary N) is 1. The van der Waals surface area contributed by atoms with Crippen LogP contribution in [-0.4, -0.2) is 33.7 Å². The highest BCUT2D eigenvalue weighted by atomic mass is 35.5. The van der Waals surface area contributed by atoms with Crippen LogP contribution in [0.15, 0.2) is 48.5 Å². The molecule has 0 aliphatic rings. The summed E-state index contributed by atoms with van der Waals surface area (Å²) in [6.07, 6.45) is 2.14. The summed E-state index contributed by atoms with van der Waals surface area (Å²) in [6, 6.07) is 12.8. The third-order valence-corrected chi connectivity index (χ3v) is 6.38. The lowest BCUT2D eigenvalue weighted by Crippen LogP contribution is -2.50. The second-order valence-corrected chi connectivity index (χ2v) is 10.2. The maximum atomic E-state index is 13.3. The Morgan fingerprint density at radius 1 is 1.10 bits per heavy atom. The van der Waals surface area contributed by atoms with Crippen molar-refractivity contribution in [2.45, 2.75) is 45.7 Å². The van der Waals surface area contributed by atoms with Gasteiger partial charge in [-0.2, -0.15) is 0 Å². The number of nitrogens with zero attached hydrogens (tertiary/aromatic N) is 1. The van der Waals surface area contributed by atoms with E-state index in [1.165, 1.54) is 4.31 Å². The molecule has 0 radical (unpaired) electrons. The molecule has 170 valence electrons. The highest BCUT2D eigenvalue weighted by molar-refractivity contribution is 7.92. The molecule has 1 N–H and O–H groups in total. The van der Waals surface area contributed by atoms with E-state index in [1.807, 2.05) is 24.3 Å². The van der Waals surface area contributed by atoms with Crippen molar-refractivity contribution in [1.82, 2.24) is 5.32 Å². The lowest BCUT2D eigenvalue weighted by atomic mass is 9.96. The molecule has 8 heteroatoms. The first-order chi connectivity index (χ1) is 14.6. The van der Waals surface area contributed by atoms with Crippen molar-refractivity contribution < 1.29 is 17.9 Å². The molecule has 2 rings (SSSR count). The Balaban J connectivity index is 2.36. The lowest BCUT2D eigenvalue weighted by Gasteiger charge is -2.32. The number of anilines is 1. The summed E-state index contributed by atoms with van der Waals surface area (Å²) in [7, 11) is -2.10. The first-order valence-electron chi connectivity index (χ1n) is 10.3. The maximum absolute atomic E-state index is 13.3. The number of benzene rings is 2. The molecular formula is C23H31ClN2O4S. The molecule has 0 fully saturated rings. The van der Waals surface area contributed by atoms with Gasteiger partial charge in [-0.15, -0.1) is 0 Å². The lowest BCUT2D eigenvalue weighted by molar-refractivity contribution is -0.123. The Morgan fingerprint density at radius 3 is 2.13 bits per heavy atom. The van der Waals surface area contributed by atoms with Crippen molar-refractivity contribution in [1.29, 1.82) is 0 Å². The quantitative estimate of drug-likeness (QED) is 0.545. The maximum Gasteiger partial charge on any atom is 0.244 e. The van der Waals surface area contributed by atoms with Crippen LogP contribution in [0.1, 0.15) is 45.2 Å². The molecule has 0 unspecified atom stereocenters. The van der Waals surface area contributed by atoms with Gasteiger partial charge in [-0.05, 0) is 60.7 Å². The number of carbonyl (C=O) groups excluding carboxylic acids is 1. The Morgan fingerprint density at radius 2 is 1.68 bits per heavy atom. The van der Waals surface area contributed by atoms with Crippen LogP contribution < -0.4 is 14.4 Å². The molecule has 2 aromatic rings. The summed E-state index contributed by atoms with van der Waals surface area (Å²) in [6.45, 7) is 5.95. The molecule has 31 heavy (non-hydrogen) atoms. The van der Waals surface area contributed by atoms with Gasteiger partial charge in [-0.25, -0.2) is 8.42 Å². The van der Waals surface area contributed by atoms with Crippen molar-refractivity contribution in [3.05, 3.63) is 59.1 Å². The zero-order chi connectivity index (χ0) is 23.2. The fourth-order valence-corrected chi connectivity index (χ4v) is 4.84. The zero-order valence-electron chi connectivity index (χ0n) is 18.6. The van der Waals surface area contributed by atoms with Crippen molar-refractivity contribution in [2.24, 2.45) is 5.92 Å². The summed E-state index contributed by atoms with van der Waals surface area (Å²) < 4.78 is 31.6. The van der Waals surface area contributed by atoms with E-state index < -0.39 is 16.1 Å². The van der Waals surface area contributed by atoms with Gasteiger partial charge >= 0.3 is 0 Å². The number of hydrogen-bond donors (Lipinski definition) is 1. The number of hydrogen-bond acceptors (Lipinski definition) is 4. The third-order valence-electron chi connectivity index (χ3n) is 4.95. The Bertz CT molecular complexity index is 960. The standard InChI is InChI=1S/C23H31ClN2O4S/c1-6-22(26(31(5,28)29)19-11-9-18(24)10-12-19)23(27)25-21(15-16(2)3)17-7-13-20(30-4)14-8-17/h7-14,16,21-22H,6,15H2,1-5H3,(H,25,27)/t21-,22+/m1/s1. The van der Waals surface area contributed by atoms with E-state index in [1.54, 1.807) is 38.3 Å². The van der Waals surface area contributed by atoms with Crippen molar-refractivity contribution in [3.8, 4) is 5.75 Å². The third kappa shape index (κ3) is 6.87. The summed E-state index contributed by atoms with van der Waals surface area (Å²) in [5.74, 6) is 0.717. The minimum Gasteiger partial charge on any atom is -0.497 e. The van der Waals surface area contributed by atoms with Crippen molar-refractivity contribution in [3.63, 3.8) is 0 Å². The van der Waals surface area contributed by atoms with Gasteiger partial charge in [0.2, 0.25) is 15.9 Å². The van der Waals surface area contributed by atoms with E-state index in [9.17, 15) is 13.2 Å². The normalized spacial score (nSPS) is 13.5. The fraction of sp³-hybridized carbons (Fsp3) is 0.435. The van der Waals surface area contributed by atoms with Crippen LogP contribution >= 0.6 is 11.6 Å². The van der Waals surface area contributed by atoms with Crippen molar-refractivity contribution in [2.75, 3.05) is 17.7 Å². The van der Waals surface area contributed by atoms with E-state index >= 15 is 0 Å². The van der Waals surface area contributed by atoms with Crippen molar-refractivity contribution >= 4 is 33.2 Å². The molecule has 0 saturated carbocycles. The first-order valence-corrected chi connectivity index (χ1v) is 12.5. The van der Waals surface area contributed by atoms with Gasteiger partial charge in [0.25, 0.3) is 0 Å². The molecule has 1 amide bonds. The zero-order valence-corrected chi connectivity index (χ0v) is 20.2. The molecule has 2 atom stereocenters. The minimum atomic E-state index is -3.71. The SMILES string of the molecule is CC[C@@H](C(=O)N[C@H](CC(C)C)c1ccc(OC)cc1)N(c1ccc(Cl)cc1)S(C)(=O)=O. The molecule has 2 aromatic carbocycles. The smallest absolute Gasteiger partial charge is 0.244 e. The summed E-state index contributed by atoms with van der Waals surface area (Å²) in [5.41, 5.74) is 1.34. The van der Waals surface area contributed by atoms with Gasteiger partial charge in [-0.1, -0.05) is 44.5 Å². The van der Waals surface area contributed by atoms with Gasteiger partial charge < -0.3 is 10.1 Å². The molecule has 0 spiro atoms. The van der Waals surface area contributed by atoms with Gasteiger partial charge in [-0.3, -0.25) is 9.10 Å². The van der Waals surface area contributed by atoms with Crippen LogP contribution in [0.2, 0.25) is 5.02 Å². The first kappa shape index (κ1) is 25.0. The Hall–Kier alpha value is -2.25. The number of sulfonamides is 1. The number of carbonyl (C=O) groups is 1. The Kier molecular flexibility index (Phi) is 8.77. The van der Waals surface area contributed by atoms with Crippen LogP contribution in [0.5, 0.6) is 5.75 Å². The highest BCUT2D eigenvalue weighted by Gasteiger charge is 2.32. The Labute approximate surface area is 190 Å². The summed E-state index contributed by atoms with van der Waals surface area (Å²) >= 11 is 5.96. The van der Waals surface area contributed by atoms with Crippen LogP contribution in [0.25, 0.3) is 0 Å². The summed E-state index contributed by atoms with van der Waals surface area (Å²) in [5, 5.41) is 3.57. The second-order valence-electron chi connectivity index (χ2n) is 7.92. The molecule has 0 heterocycles. The average Bonchev–Trinajstić information content (AvgIpc) is 2.71. The molecule has 6 nitrogen and oxygen atoms in total. The number of halogens is 1. The number of amides is 1. The molecular weight excluding hydrogens is 436 g/mol. The molecule has 0 aliphatic carbocycles. The predicted octanol–water partition coefficient (Wildman–Crippen LogP) is 4.80. The average molecular weight is 467 g/mol. The van der Waals surface area contributed by atoms with E-state index in [-0.39, 0.29) is 11.9 Å². The molecule has 0 saturated heterocycles. The second kappa shape index (κ2) is 10.9. The number of methoxy groups -OCH3 is 1. The van der Waals surface area contributed by atoms with Crippen LogP contribution in [0, 0.1) is 5.92 Å². The fourth-order valence-electron chi connectivity index (χ4n) is 3.50. The minimum absolute atomic E-state index is 0.251. The van der Waals surface area contributed by atoms with E-state index in [4.69, 9.17) is 16.3 Å². The van der Waals surface area contributed by atoms with E-state index in [0.717, 1.165) is 17.6 Å². The summed E-state index contributed by atoms with van der Waals surface area (Å²) in [4.78, 5) is 13.3. The predicted molar refractivity (Wildman–Crippen MR) is 126 cm³/mol.